The van der Waals surface area contributed by atoms with Crippen molar-refractivity contribution in [2.75, 3.05) is 7.11 Å². The van der Waals surface area contributed by atoms with E-state index >= 15 is 0 Å². The summed E-state index contributed by atoms with van der Waals surface area (Å²) in [5, 5.41) is 3.48. The van der Waals surface area contributed by atoms with Crippen LogP contribution in [0.3, 0.4) is 0 Å². The van der Waals surface area contributed by atoms with Crippen LogP contribution in [-0.2, 0) is 11.3 Å². The number of benzene rings is 4. The molecule has 152 valence electrons. The summed E-state index contributed by atoms with van der Waals surface area (Å²) in [6.45, 7) is 2.88. The third-order valence-corrected chi connectivity index (χ3v) is 5.80. The van der Waals surface area contributed by atoms with Crippen molar-refractivity contribution >= 4 is 27.6 Å². The monoisotopic (exact) mass is 405 g/mol. The number of hydrogen-bond acceptors (Lipinski definition) is 2. The minimum atomic E-state index is -0.322. The van der Waals surface area contributed by atoms with Crippen molar-refractivity contribution in [2.24, 2.45) is 0 Å². The van der Waals surface area contributed by atoms with Crippen LogP contribution in [0.4, 0.5) is 0 Å². The van der Waals surface area contributed by atoms with Gasteiger partial charge in [0.25, 0.3) is 0 Å². The van der Waals surface area contributed by atoms with E-state index < -0.39 is 0 Å². The topological polar surface area (TPSA) is 31.2 Å². The molecule has 1 aromatic heterocycles. The Morgan fingerprint density at radius 3 is 2.45 bits per heavy atom. The molecule has 0 bridgehead atoms. The van der Waals surface area contributed by atoms with E-state index in [9.17, 15) is 4.79 Å². The fourth-order valence-corrected chi connectivity index (χ4v) is 4.22. The summed E-state index contributed by atoms with van der Waals surface area (Å²) >= 11 is 0. The first-order valence-corrected chi connectivity index (χ1v) is 10.4. The molecule has 4 aromatic carbocycles. The molecule has 0 aliphatic carbocycles. The number of rotatable bonds is 4. The highest BCUT2D eigenvalue weighted by Gasteiger charge is 2.15. The lowest BCUT2D eigenvalue weighted by Crippen LogP contribution is -2.01. The second-order valence-electron chi connectivity index (χ2n) is 7.95. The zero-order valence-corrected chi connectivity index (χ0v) is 17.6. The summed E-state index contributed by atoms with van der Waals surface area (Å²) in [4.78, 5) is 12.2. The Bertz CT molecular complexity index is 1410. The first-order valence-electron chi connectivity index (χ1n) is 10.4. The van der Waals surface area contributed by atoms with Gasteiger partial charge < -0.3 is 9.30 Å². The first-order chi connectivity index (χ1) is 15.1. The molecule has 0 fully saturated rings. The molecule has 0 aliphatic rings. The largest absolute Gasteiger partial charge is 0.465 e. The highest BCUT2D eigenvalue weighted by atomic mass is 16.5. The van der Waals surface area contributed by atoms with Gasteiger partial charge in [-0.1, -0.05) is 66.2 Å². The summed E-state index contributed by atoms with van der Waals surface area (Å²) in [5.74, 6) is -0.322. The number of carbonyl (C=O) groups is 1. The summed E-state index contributed by atoms with van der Waals surface area (Å²) in [7, 11) is 1.42. The number of aryl methyl sites for hydroxylation is 1. The Balaban J connectivity index is 1.70. The SMILES string of the molecule is COC(=O)c1ccc2c(c1)c(-c1ccc3cc(C)ccc3c1)cn2Cc1ccccc1. The second-order valence-corrected chi connectivity index (χ2v) is 7.95. The molecule has 0 saturated heterocycles. The van der Waals surface area contributed by atoms with E-state index in [1.165, 1.54) is 29.0 Å². The van der Waals surface area contributed by atoms with Crippen LogP contribution in [-0.4, -0.2) is 17.6 Å². The summed E-state index contributed by atoms with van der Waals surface area (Å²) in [5.41, 5.74) is 6.38. The second kappa shape index (κ2) is 7.77. The maximum atomic E-state index is 12.2. The molecule has 0 radical (unpaired) electrons. The van der Waals surface area contributed by atoms with Crippen LogP contribution in [0, 0.1) is 6.92 Å². The number of hydrogen-bond donors (Lipinski definition) is 0. The average Bonchev–Trinajstić information content (AvgIpc) is 3.16. The maximum absolute atomic E-state index is 12.2. The van der Waals surface area contributed by atoms with Crippen molar-refractivity contribution in [2.45, 2.75) is 13.5 Å². The smallest absolute Gasteiger partial charge is 0.337 e. The Morgan fingerprint density at radius 2 is 1.65 bits per heavy atom. The van der Waals surface area contributed by atoms with E-state index in [1.54, 1.807) is 0 Å². The Labute approximate surface area is 181 Å². The molecule has 1 heterocycles. The van der Waals surface area contributed by atoms with Gasteiger partial charge in [-0.25, -0.2) is 4.79 Å². The molecule has 5 aromatic rings. The minimum absolute atomic E-state index is 0.322. The van der Waals surface area contributed by atoms with Crippen LogP contribution < -0.4 is 0 Å². The lowest BCUT2D eigenvalue weighted by atomic mass is 9.99. The third-order valence-electron chi connectivity index (χ3n) is 5.80. The molecule has 0 aliphatic heterocycles. The molecular weight excluding hydrogens is 382 g/mol. The van der Waals surface area contributed by atoms with Crippen LogP contribution in [0.5, 0.6) is 0 Å². The molecule has 0 saturated carbocycles. The summed E-state index contributed by atoms with van der Waals surface area (Å²) in [6, 6.07) is 29.3. The fourth-order valence-electron chi connectivity index (χ4n) is 4.22. The number of ether oxygens (including phenoxy) is 1. The number of esters is 1. The molecule has 0 unspecified atom stereocenters. The molecule has 0 amide bonds. The molecule has 0 spiro atoms. The van der Waals surface area contributed by atoms with Gasteiger partial charge >= 0.3 is 5.97 Å². The predicted octanol–water partition coefficient (Wildman–Crippen LogP) is 6.60. The fraction of sp³-hybridized carbons (Fsp3) is 0.107. The molecule has 3 heteroatoms. The van der Waals surface area contributed by atoms with Gasteiger partial charge in [0, 0.05) is 29.2 Å². The number of nitrogens with zero attached hydrogens (tertiary/aromatic N) is 1. The number of methoxy groups -OCH3 is 1. The molecule has 0 N–H and O–H groups in total. The van der Waals surface area contributed by atoms with Gasteiger partial charge in [-0.05, 0) is 53.1 Å². The Morgan fingerprint density at radius 1 is 0.871 bits per heavy atom. The van der Waals surface area contributed by atoms with Crippen molar-refractivity contribution in [1.29, 1.82) is 0 Å². The van der Waals surface area contributed by atoms with E-state index in [0.717, 1.165) is 28.6 Å². The molecule has 5 rings (SSSR count). The van der Waals surface area contributed by atoms with Crippen molar-refractivity contribution in [3.63, 3.8) is 0 Å². The van der Waals surface area contributed by atoms with Crippen molar-refractivity contribution in [3.05, 3.63) is 108 Å². The molecule has 3 nitrogen and oxygen atoms in total. The highest BCUT2D eigenvalue weighted by molar-refractivity contribution is 6.02. The zero-order chi connectivity index (χ0) is 21.4. The number of aromatic nitrogens is 1. The Kier molecular flexibility index (Phi) is 4.79. The van der Waals surface area contributed by atoms with Crippen LogP contribution in [0.1, 0.15) is 21.5 Å². The minimum Gasteiger partial charge on any atom is -0.465 e. The van der Waals surface area contributed by atoms with Crippen molar-refractivity contribution in [3.8, 4) is 11.1 Å². The van der Waals surface area contributed by atoms with Crippen LogP contribution >= 0.6 is 0 Å². The summed E-state index contributed by atoms with van der Waals surface area (Å²) < 4.78 is 7.21. The van der Waals surface area contributed by atoms with E-state index in [2.05, 4.69) is 78.4 Å². The normalized spacial score (nSPS) is 11.2. The van der Waals surface area contributed by atoms with Crippen molar-refractivity contribution in [1.82, 2.24) is 4.57 Å². The van der Waals surface area contributed by atoms with Gasteiger partial charge in [0.2, 0.25) is 0 Å². The number of carbonyl (C=O) groups excluding carboxylic acids is 1. The Hall–Kier alpha value is -3.85. The van der Waals surface area contributed by atoms with Crippen LogP contribution in [0.15, 0.2) is 91.1 Å². The standard InChI is InChI=1S/C28H23NO2/c1-19-8-9-22-15-23(11-10-21(22)14-19)26-18-29(17-20-6-4-3-5-7-20)27-13-12-24(16-25(26)27)28(30)31-2/h3-16,18H,17H2,1-2H3. The van der Waals surface area contributed by atoms with Gasteiger partial charge in [0.1, 0.15) is 0 Å². The van der Waals surface area contributed by atoms with Gasteiger partial charge in [0.15, 0.2) is 0 Å². The molecule has 0 atom stereocenters. The van der Waals surface area contributed by atoms with E-state index in [1.807, 2.05) is 24.3 Å². The quantitative estimate of drug-likeness (QED) is 0.315. The van der Waals surface area contributed by atoms with Gasteiger partial charge in [-0.2, -0.15) is 0 Å². The van der Waals surface area contributed by atoms with E-state index in [4.69, 9.17) is 4.74 Å². The van der Waals surface area contributed by atoms with Gasteiger partial charge in [-0.15, -0.1) is 0 Å². The van der Waals surface area contributed by atoms with Gasteiger partial charge in [0.05, 0.1) is 12.7 Å². The van der Waals surface area contributed by atoms with Crippen LogP contribution in [0.25, 0.3) is 32.8 Å². The van der Waals surface area contributed by atoms with E-state index in [-0.39, 0.29) is 5.97 Å². The van der Waals surface area contributed by atoms with E-state index in [0.29, 0.717) is 5.56 Å². The average molecular weight is 405 g/mol. The lowest BCUT2D eigenvalue weighted by molar-refractivity contribution is 0.0601. The van der Waals surface area contributed by atoms with Gasteiger partial charge in [-0.3, -0.25) is 0 Å². The predicted molar refractivity (Wildman–Crippen MR) is 127 cm³/mol. The third kappa shape index (κ3) is 3.59. The molecule has 31 heavy (non-hydrogen) atoms. The van der Waals surface area contributed by atoms with Crippen LogP contribution in [0.2, 0.25) is 0 Å². The number of fused-ring (bicyclic) bond motifs is 2. The lowest BCUT2D eigenvalue weighted by Gasteiger charge is -2.06. The summed E-state index contributed by atoms with van der Waals surface area (Å²) in [6.07, 6.45) is 2.19. The maximum Gasteiger partial charge on any atom is 0.337 e. The first kappa shape index (κ1) is 19.1. The van der Waals surface area contributed by atoms with Crippen molar-refractivity contribution < 1.29 is 9.53 Å². The zero-order valence-electron chi connectivity index (χ0n) is 17.6. The highest BCUT2D eigenvalue weighted by Crippen LogP contribution is 2.34. The molecular formula is C28H23NO2.